The Balaban J connectivity index is 2.01. The van der Waals surface area contributed by atoms with E-state index < -0.39 is 0 Å². The van der Waals surface area contributed by atoms with Crippen LogP contribution in [0.25, 0.3) is 11.0 Å². The maximum Gasteiger partial charge on any atom is 0.226 e. The van der Waals surface area contributed by atoms with Gasteiger partial charge in [0.2, 0.25) is 5.28 Å². The second kappa shape index (κ2) is 4.07. The van der Waals surface area contributed by atoms with Crippen LogP contribution >= 0.6 is 11.6 Å². The highest BCUT2D eigenvalue weighted by Crippen LogP contribution is 2.31. The van der Waals surface area contributed by atoms with Crippen LogP contribution in [0.3, 0.4) is 0 Å². The normalized spacial score (nSPS) is 27.8. The first-order chi connectivity index (χ1) is 8.58. The Hall–Kier alpha value is -1.40. The quantitative estimate of drug-likeness (QED) is 0.814. The van der Waals surface area contributed by atoms with Gasteiger partial charge in [-0.2, -0.15) is 15.1 Å². The van der Waals surface area contributed by atoms with Crippen LogP contribution < -0.4 is 5.32 Å². The summed E-state index contributed by atoms with van der Waals surface area (Å²) in [6, 6.07) is 0. The molecule has 1 fully saturated rings. The summed E-state index contributed by atoms with van der Waals surface area (Å²) in [7, 11) is 0. The summed E-state index contributed by atoms with van der Waals surface area (Å²) in [5.41, 5.74) is 0.481. The Morgan fingerprint density at radius 1 is 1.56 bits per heavy atom. The maximum absolute atomic E-state index is 5.91. The molecule has 2 N–H and O–H groups in total. The van der Waals surface area contributed by atoms with E-state index in [-0.39, 0.29) is 16.9 Å². The third kappa shape index (κ3) is 1.81. The number of hydrogen-bond donors (Lipinski definition) is 2. The molecule has 2 aromatic heterocycles. The largest absolute Gasteiger partial charge is 0.376 e. The molecule has 0 spiro atoms. The average molecular weight is 268 g/mol. The van der Waals surface area contributed by atoms with E-state index in [1.807, 2.05) is 0 Å². The van der Waals surface area contributed by atoms with Crippen molar-refractivity contribution in [3.63, 3.8) is 0 Å². The molecule has 0 aliphatic carbocycles. The minimum absolute atomic E-state index is 0.119. The van der Waals surface area contributed by atoms with Crippen molar-refractivity contribution in [1.82, 2.24) is 20.2 Å². The topological polar surface area (TPSA) is 75.7 Å². The summed E-state index contributed by atoms with van der Waals surface area (Å²) in [6.45, 7) is 4.92. The predicted molar refractivity (Wildman–Crippen MR) is 68.8 cm³/mol. The molecule has 0 bridgehead atoms. The Morgan fingerprint density at radius 2 is 2.39 bits per heavy atom. The molecule has 3 rings (SSSR count). The van der Waals surface area contributed by atoms with Gasteiger partial charge in [-0.25, -0.2) is 0 Å². The lowest BCUT2D eigenvalue weighted by Gasteiger charge is -2.29. The molecular formula is C11H14ClN5O. The van der Waals surface area contributed by atoms with Crippen molar-refractivity contribution in [2.75, 3.05) is 11.9 Å². The molecule has 7 heteroatoms. The van der Waals surface area contributed by atoms with Crippen LogP contribution in [0.1, 0.15) is 20.3 Å². The lowest BCUT2D eigenvalue weighted by molar-refractivity contribution is 0.105. The zero-order chi connectivity index (χ0) is 12.8. The van der Waals surface area contributed by atoms with Gasteiger partial charge in [0.25, 0.3) is 0 Å². The molecule has 3 heterocycles. The van der Waals surface area contributed by atoms with Crippen LogP contribution in [0.4, 0.5) is 5.82 Å². The van der Waals surface area contributed by atoms with E-state index >= 15 is 0 Å². The first-order valence-electron chi connectivity index (χ1n) is 5.85. The predicted octanol–water partition coefficient (Wildman–Crippen LogP) is 1.99. The van der Waals surface area contributed by atoms with Crippen molar-refractivity contribution < 1.29 is 4.74 Å². The number of aromatic amines is 1. The zero-order valence-corrected chi connectivity index (χ0v) is 11.0. The highest BCUT2D eigenvalue weighted by molar-refractivity contribution is 6.28. The minimum atomic E-state index is -0.151. The van der Waals surface area contributed by atoms with Crippen molar-refractivity contribution in [2.24, 2.45) is 0 Å². The molecule has 1 saturated heterocycles. The van der Waals surface area contributed by atoms with E-state index in [4.69, 9.17) is 16.3 Å². The number of ether oxygens (including phenoxy) is 1. The molecule has 2 aromatic rings. The Bertz CT molecular complexity index is 586. The summed E-state index contributed by atoms with van der Waals surface area (Å²) >= 11 is 5.91. The summed E-state index contributed by atoms with van der Waals surface area (Å²) in [5.74, 6) is 0.693. The van der Waals surface area contributed by atoms with E-state index in [1.165, 1.54) is 0 Å². The number of anilines is 1. The average Bonchev–Trinajstić information content (AvgIpc) is 2.87. The number of rotatable bonds is 2. The van der Waals surface area contributed by atoms with Gasteiger partial charge < -0.3 is 10.1 Å². The lowest BCUT2D eigenvalue weighted by atomic mass is 9.94. The van der Waals surface area contributed by atoms with E-state index in [0.717, 1.165) is 18.4 Å². The molecule has 0 radical (unpaired) electrons. The molecular weight excluding hydrogens is 254 g/mol. The minimum Gasteiger partial charge on any atom is -0.376 e. The maximum atomic E-state index is 5.91. The van der Waals surface area contributed by atoms with Gasteiger partial charge in [-0.05, 0) is 31.9 Å². The fourth-order valence-electron chi connectivity index (χ4n) is 2.17. The van der Waals surface area contributed by atoms with Gasteiger partial charge in [0.05, 0.1) is 23.2 Å². The molecule has 2 unspecified atom stereocenters. The van der Waals surface area contributed by atoms with Crippen LogP contribution in [0, 0.1) is 0 Å². The molecule has 6 nitrogen and oxygen atoms in total. The Morgan fingerprint density at radius 3 is 3.11 bits per heavy atom. The van der Waals surface area contributed by atoms with Gasteiger partial charge in [-0.15, -0.1) is 0 Å². The number of nitrogens with one attached hydrogen (secondary N) is 2. The molecule has 18 heavy (non-hydrogen) atoms. The highest BCUT2D eigenvalue weighted by atomic mass is 35.5. The molecule has 0 aromatic carbocycles. The van der Waals surface area contributed by atoms with E-state index in [1.54, 1.807) is 6.20 Å². The van der Waals surface area contributed by atoms with Gasteiger partial charge in [-0.3, -0.25) is 5.10 Å². The SMILES string of the molecule is CC1OCCC1(C)Nc1nc(Cl)nc2[nH]ncc12. The first-order valence-corrected chi connectivity index (χ1v) is 6.23. The number of H-pyrrole nitrogens is 1. The van der Waals surface area contributed by atoms with Crippen LogP contribution in [0.5, 0.6) is 0 Å². The Labute approximate surface area is 109 Å². The number of fused-ring (bicyclic) bond motifs is 1. The molecule has 0 saturated carbocycles. The fraction of sp³-hybridized carbons (Fsp3) is 0.545. The highest BCUT2D eigenvalue weighted by Gasteiger charge is 2.37. The van der Waals surface area contributed by atoms with Crippen LogP contribution in [0.15, 0.2) is 6.20 Å². The molecule has 2 atom stereocenters. The van der Waals surface area contributed by atoms with Crippen molar-refractivity contribution in [1.29, 1.82) is 0 Å². The number of nitrogens with zero attached hydrogens (tertiary/aromatic N) is 3. The second-order valence-corrected chi connectivity index (χ2v) is 5.12. The fourth-order valence-corrected chi connectivity index (χ4v) is 2.34. The zero-order valence-electron chi connectivity index (χ0n) is 10.2. The van der Waals surface area contributed by atoms with Crippen molar-refractivity contribution in [3.8, 4) is 0 Å². The third-order valence-corrected chi connectivity index (χ3v) is 3.74. The van der Waals surface area contributed by atoms with Gasteiger partial charge in [0.15, 0.2) is 5.65 Å². The monoisotopic (exact) mass is 267 g/mol. The van der Waals surface area contributed by atoms with E-state index in [2.05, 4.69) is 39.3 Å². The standard InChI is InChI=1S/C11H14ClN5O/c1-6-11(2,3-4-18-6)16-8-7-5-13-17-9(7)15-10(12)14-8/h5-6H,3-4H2,1-2H3,(H2,13,14,15,16,17). The summed E-state index contributed by atoms with van der Waals surface area (Å²) in [6.07, 6.45) is 2.74. The second-order valence-electron chi connectivity index (χ2n) is 4.78. The summed E-state index contributed by atoms with van der Waals surface area (Å²) in [4.78, 5) is 8.32. The van der Waals surface area contributed by atoms with Gasteiger partial charge >= 0.3 is 0 Å². The summed E-state index contributed by atoms with van der Waals surface area (Å²) < 4.78 is 5.60. The third-order valence-electron chi connectivity index (χ3n) is 3.57. The smallest absolute Gasteiger partial charge is 0.226 e. The summed E-state index contributed by atoms with van der Waals surface area (Å²) in [5, 5.41) is 11.2. The van der Waals surface area contributed by atoms with Crippen LogP contribution in [-0.2, 0) is 4.74 Å². The van der Waals surface area contributed by atoms with E-state index in [9.17, 15) is 0 Å². The van der Waals surface area contributed by atoms with Gasteiger partial charge in [0, 0.05) is 6.61 Å². The first kappa shape index (κ1) is 11.7. The van der Waals surface area contributed by atoms with E-state index in [0.29, 0.717) is 11.5 Å². The molecule has 1 aliphatic rings. The number of hydrogen-bond acceptors (Lipinski definition) is 5. The molecule has 0 amide bonds. The van der Waals surface area contributed by atoms with Crippen LogP contribution in [-0.4, -0.2) is 38.4 Å². The van der Waals surface area contributed by atoms with Crippen molar-refractivity contribution >= 4 is 28.5 Å². The van der Waals surface area contributed by atoms with Crippen LogP contribution in [0.2, 0.25) is 5.28 Å². The lowest BCUT2D eigenvalue weighted by Crippen LogP contribution is -2.41. The van der Waals surface area contributed by atoms with Gasteiger partial charge in [-0.1, -0.05) is 0 Å². The van der Waals surface area contributed by atoms with Crippen molar-refractivity contribution in [3.05, 3.63) is 11.5 Å². The number of aromatic nitrogens is 4. The Kier molecular flexibility index (Phi) is 2.64. The molecule has 1 aliphatic heterocycles. The van der Waals surface area contributed by atoms with Gasteiger partial charge in [0.1, 0.15) is 5.82 Å². The van der Waals surface area contributed by atoms with Crippen molar-refractivity contribution in [2.45, 2.75) is 31.9 Å². The number of halogens is 1. The molecule has 96 valence electrons.